The fourth-order valence-electron chi connectivity index (χ4n) is 3.37. The Morgan fingerprint density at radius 1 is 1.08 bits per heavy atom. The topological polar surface area (TPSA) is 61.4 Å². The fourth-order valence-corrected chi connectivity index (χ4v) is 3.37. The fraction of sp³-hybridized carbons (Fsp3) is 0.619. The van der Waals surface area contributed by atoms with Gasteiger partial charge in [0.15, 0.2) is 0 Å². The van der Waals surface area contributed by atoms with Crippen LogP contribution >= 0.6 is 0 Å². The number of urea groups is 1. The average Bonchev–Trinajstić information content (AvgIpc) is 2.58. The molecule has 0 unspecified atom stereocenters. The van der Waals surface area contributed by atoms with Crippen molar-refractivity contribution in [2.75, 3.05) is 18.0 Å². The molecule has 1 fully saturated rings. The molecule has 0 heterocycles. The highest BCUT2D eigenvalue weighted by molar-refractivity contribution is 5.91. The molecule has 0 radical (unpaired) electrons. The summed E-state index contributed by atoms with van der Waals surface area (Å²) in [4.78, 5) is 25.7. The van der Waals surface area contributed by atoms with Crippen LogP contribution in [0.15, 0.2) is 24.3 Å². The van der Waals surface area contributed by atoms with E-state index in [1.165, 1.54) is 24.8 Å². The molecule has 2 N–H and O–H groups in total. The van der Waals surface area contributed by atoms with E-state index in [9.17, 15) is 9.59 Å². The Bertz CT molecular complexity index is 599. The summed E-state index contributed by atoms with van der Waals surface area (Å²) in [5, 5.41) is 5.91. The maximum Gasteiger partial charge on any atom is 0.315 e. The van der Waals surface area contributed by atoms with E-state index in [1.807, 2.05) is 12.1 Å². The number of hydrogen-bond acceptors (Lipinski definition) is 2. The highest BCUT2D eigenvalue weighted by Crippen LogP contribution is 2.25. The van der Waals surface area contributed by atoms with Crippen LogP contribution in [0.1, 0.15) is 65.4 Å². The van der Waals surface area contributed by atoms with E-state index in [1.54, 1.807) is 11.8 Å². The highest BCUT2D eigenvalue weighted by Gasteiger charge is 2.17. The van der Waals surface area contributed by atoms with Gasteiger partial charge in [0.05, 0.1) is 0 Å². The second-order valence-electron chi connectivity index (χ2n) is 8.20. The van der Waals surface area contributed by atoms with Crippen LogP contribution in [-0.2, 0) is 10.2 Å². The quantitative estimate of drug-likeness (QED) is 0.836. The van der Waals surface area contributed by atoms with Gasteiger partial charge in [-0.2, -0.15) is 0 Å². The largest absolute Gasteiger partial charge is 0.336 e. The molecule has 1 aromatic rings. The number of nitrogens with one attached hydrogen (secondary N) is 2. The van der Waals surface area contributed by atoms with Gasteiger partial charge in [0.25, 0.3) is 0 Å². The van der Waals surface area contributed by atoms with Gasteiger partial charge in [-0.25, -0.2) is 4.79 Å². The number of amides is 3. The second-order valence-corrected chi connectivity index (χ2v) is 8.20. The predicted molar refractivity (Wildman–Crippen MR) is 107 cm³/mol. The van der Waals surface area contributed by atoms with Crippen LogP contribution in [0, 0.1) is 0 Å². The SMILES string of the molecule is CC(=O)N(CCNC(=O)NC1CCCCC1)c1ccc(C(C)(C)C)cc1. The third kappa shape index (κ3) is 6.04. The summed E-state index contributed by atoms with van der Waals surface area (Å²) in [7, 11) is 0. The lowest BCUT2D eigenvalue weighted by Crippen LogP contribution is -2.45. The average molecular weight is 360 g/mol. The third-order valence-electron chi connectivity index (χ3n) is 4.99. The maximum absolute atomic E-state index is 12.0. The van der Waals surface area contributed by atoms with E-state index in [4.69, 9.17) is 0 Å². The van der Waals surface area contributed by atoms with E-state index in [2.05, 4.69) is 43.5 Å². The van der Waals surface area contributed by atoms with Crippen molar-refractivity contribution in [2.24, 2.45) is 0 Å². The van der Waals surface area contributed by atoms with Crippen LogP contribution in [-0.4, -0.2) is 31.1 Å². The monoisotopic (exact) mass is 359 g/mol. The Hall–Kier alpha value is -2.04. The number of carbonyl (C=O) groups excluding carboxylic acids is 2. The molecule has 5 heteroatoms. The number of benzene rings is 1. The lowest BCUT2D eigenvalue weighted by molar-refractivity contribution is -0.116. The normalized spacial score (nSPS) is 15.4. The van der Waals surface area contributed by atoms with Crippen molar-refractivity contribution in [3.05, 3.63) is 29.8 Å². The molecule has 1 saturated carbocycles. The van der Waals surface area contributed by atoms with Gasteiger partial charge in [-0.3, -0.25) is 4.79 Å². The highest BCUT2D eigenvalue weighted by atomic mass is 16.2. The first-order valence-electron chi connectivity index (χ1n) is 9.70. The summed E-state index contributed by atoms with van der Waals surface area (Å²) in [5.74, 6) is -0.0250. The number of hydrogen-bond donors (Lipinski definition) is 2. The van der Waals surface area contributed by atoms with E-state index >= 15 is 0 Å². The molecular weight excluding hydrogens is 326 g/mol. The van der Waals surface area contributed by atoms with Crippen LogP contribution in [0.5, 0.6) is 0 Å². The molecule has 0 atom stereocenters. The van der Waals surface area contributed by atoms with Crippen molar-refractivity contribution in [3.63, 3.8) is 0 Å². The van der Waals surface area contributed by atoms with E-state index in [-0.39, 0.29) is 23.4 Å². The van der Waals surface area contributed by atoms with Gasteiger partial charge in [-0.1, -0.05) is 52.2 Å². The Labute approximate surface area is 157 Å². The van der Waals surface area contributed by atoms with Gasteiger partial charge in [0.1, 0.15) is 0 Å². The Morgan fingerprint density at radius 3 is 2.23 bits per heavy atom. The molecule has 1 aromatic carbocycles. The lowest BCUT2D eigenvalue weighted by atomic mass is 9.87. The Kier molecular flexibility index (Phi) is 7.06. The first-order chi connectivity index (χ1) is 12.3. The van der Waals surface area contributed by atoms with Gasteiger partial charge in [0.2, 0.25) is 5.91 Å². The molecular formula is C21H33N3O2. The summed E-state index contributed by atoms with van der Waals surface area (Å²) in [6.45, 7) is 8.94. The van der Waals surface area contributed by atoms with Gasteiger partial charge < -0.3 is 15.5 Å². The molecule has 2 rings (SSSR count). The Morgan fingerprint density at radius 2 is 1.69 bits per heavy atom. The molecule has 1 aliphatic rings. The zero-order valence-corrected chi connectivity index (χ0v) is 16.6. The molecule has 26 heavy (non-hydrogen) atoms. The molecule has 0 saturated heterocycles. The summed E-state index contributed by atoms with van der Waals surface area (Å²) >= 11 is 0. The molecule has 0 aromatic heterocycles. The predicted octanol–water partition coefficient (Wildman–Crippen LogP) is 3.97. The third-order valence-corrected chi connectivity index (χ3v) is 4.99. The van der Waals surface area contributed by atoms with Crippen molar-refractivity contribution < 1.29 is 9.59 Å². The van der Waals surface area contributed by atoms with Crippen molar-refractivity contribution in [3.8, 4) is 0 Å². The smallest absolute Gasteiger partial charge is 0.315 e. The van der Waals surface area contributed by atoms with Crippen LogP contribution < -0.4 is 15.5 Å². The number of rotatable bonds is 5. The van der Waals surface area contributed by atoms with E-state index < -0.39 is 0 Å². The molecule has 1 aliphatic carbocycles. The molecule has 0 spiro atoms. The lowest BCUT2D eigenvalue weighted by Gasteiger charge is -2.25. The van der Waals surface area contributed by atoms with Crippen molar-refractivity contribution in [1.29, 1.82) is 0 Å². The summed E-state index contributed by atoms with van der Waals surface area (Å²) in [6, 6.07) is 8.23. The summed E-state index contributed by atoms with van der Waals surface area (Å²) in [5.41, 5.74) is 2.17. The van der Waals surface area contributed by atoms with E-state index in [0.717, 1.165) is 18.5 Å². The molecule has 0 bridgehead atoms. The van der Waals surface area contributed by atoms with Gasteiger partial charge in [-0.15, -0.1) is 0 Å². The minimum Gasteiger partial charge on any atom is -0.336 e. The van der Waals surface area contributed by atoms with Crippen molar-refractivity contribution in [2.45, 2.75) is 71.3 Å². The standard InChI is InChI=1S/C21H33N3O2/c1-16(25)24(19-12-10-17(11-13-19)21(2,3)4)15-14-22-20(26)23-18-8-6-5-7-9-18/h10-13,18H,5-9,14-15H2,1-4H3,(H2,22,23,26). The zero-order valence-electron chi connectivity index (χ0n) is 16.6. The van der Waals surface area contributed by atoms with Gasteiger partial charge in [-0.05, 0) is 36.0 Å². The molecule has 144 valence electrons. The summed E-state index contributed by atoms with van der Waals surface area (Å²) in [6.07, 6.45) is 5.77. The number of anilines is 1. The van der Waals surface area contributed by atoms with Crippen LogP contribution in [0.3, 0.4) is 0 Å². The zero-order chi connectivity index (χ0) is 19.2. The maximum atomic E-state index is 12.0. The Balaban J connectivity index is 1.86. The van der Waals surface area contributed by atoms with Crippen LogP contribution in [0.4, 0.5) is 10.5 Å². The van der Waals surface area contributed by atoms with Crippen molar-refractivity contribution in [1.82, 2.24) is 10.6 Å². The van der Waals surface area contributed by atoms with Crippen LogP contribution in [0.2, 0.25) is 0 Å². The number of carbonyl (C=O) groups is 2. The number of nitrogens with zero attached hydrogens (tertiary/aromatic N) is 1. The molecule has 3 amide bonds. The summed E-state index contributed by atoms with van der Waals surface area (Å²) < 4.78 is 0. The first-order valence-corrected chi connectivity index (χ1v) is 9.70. The van der Waals surface area contributed by atoms with Gasteiger partial charge in [0, 0.05) is 31.7 Å². The van der Waals surface area contributed by atoms with Crippen molar-refractivity contribution >= 4 is 17.6 Å². The molecule has 0 aliphatic heterocycles. The minimum absolute atomic E-state index is 0.0250. The second kappa shape index (κ2) is 9.06. The van der Waals surface area contributed by atoms with Gasteiger partial charge >= 0.3 is 6.03 Å². The minimum atomic E-state index is -0.136. The van der Waals surface area contributed by atoms with Crippen LogP contribution in [0.25, 0.3) is 0 Å². The molecule has 5 nitrogen and oxygen atoms in total. The first kappa shape index (κ1) is 20.3. The van der Waals surface area contributed by atoms with E-state index in [0.29, 0.717) is 13.1 Å².